The molecule has 1 aromatic carbocycles. The number of carbonyl (C=O) groups excluding carboxylic acids is 1. The van der Waals surface area contributed by atoms with Gasteiger partial charge in [0.05, 0.1) is 6.10 Å². The lowest BCUT2D eigenvalue weighted by Gasteiger charge is -2.11. The Labute approximate surface area is 145 Å². The summed E-state index contributed by atoms with van der Waals surface area (Å²) in [5.74, 6) is 0.305. The summed E-state index contributed by atoms with van der Waals surface area (Å²) >= 11 is 6.10. The van der Waals surface area contributed by atoms with E-state index in [0.717, 1.165) is 30.7 Å². The number of rotatable bonds is 5. The molecule has 1 atom stereocenters. The zero-order valence-electron chi connectivity index (χ0n) is 13.4. The molecule has 2 N–H and O–H groups in total. The van der Waals surface area contributed by atoms with Gasteiger partial charge in [0, 0.05) is 23.9 Å². The third-order valence-electron chi connectivity index (χ3n) is 3.94. The second-order valence-electron chi connectivity index (χ2n) is 5.69. The van der Waals surface area contributed by atoms with Crippen LogP contribution in [-0.4, -0.2) is 35.4 Å². The number of nitrogens with zero attached hydrogens (tertiary/aromatic N) is 2. The maximum Gasteiger partial charge on any atom is 0.271 e. The van der Waals surface area contributed by atoms with Crippen LogP contribution in [-0.2, 0) is 4.74 Å². The lowest BCUT2D eigenvalue weighted by Crippen LogP contribution is -2.32. The Morgan fingerprint density at radius 2 is 2.21 bits per heavy atom. The molecule has 24 heavy (non-hydrogen) atoms. The van der Waals surface area contributed by atoms with Crippen LogP contribution in [0.1, 0.15) is 28.9 Å². The summed E-state index contributed by atoms with van der Waals surface area (Å²) in [7, 11) is 0. The molecule has 7 heteroatoms. The number of ether oxygens (including phenoxy) is 1. The van der Waals surface area contributed by atoms with Gasteiger partial charge in [0.1, 0.15) is 0 Å². The molecule has 1 fully saturated rings. The molecule has 1 aliphatic rings. The van der Waals surface area contributed by atoms with E-state index in [1.807, 2.05) is 25.1 Å². The van der Waals surface area contributed by atoms with E-state index in [2.05, 4.69) is 20.8 Å². The third-order valence-corrected chi connectivity index (χ3v) is 4.35. The molecule has 2 heterocycles. The van der Waals surface area contributed by atoms with E-state index in [1.165, 1.54) is 0 Å². The summed E-state index contributed by atoms with van der Waals surface area (Å²) in [6, 6.07) is 8.95. The second-order valence-corrected chi connectivity index (χ2v) is 6.09. The summed E-state index contributed by atoms with van der Waals surface area (Å²) in [5, 5.41) is 14.7. The monoisotopic (exact) mass is 346 g/mol. The number of benzene rings is 1. The first-order valence-corrected chi connectivity index (χ1v) is 8.27. The lowest BCUT2D eigenvalue weighted by molar-refractivity contribution is 0.0853. The summed E-state index contributed by atoms with van der Waals surface area (Å²) in [4.78, 5) is 12.1. The molecule has 2 aromatic rings. The predicted molar refractivity (Wildman–Crippen MR) is 92.8 cm³/mol. The van der Waals surface area contributed by atoms with Gasteiger partial charge in [-0.1, -0.05) is 17.7 Å². The number of hydrogen-bond acceptors (Lipinski definition) is 5. The van der Waals surface area contributed by atoms with E-state index in [0.29, 0.717) is 17.4 Å². The maximum atomic E-state index is 12.1. The average Bonchev–Trinajstić information content (AvgIpc) is 3.11. The highest BCUT2D eigenvalue weighted by atomic mass is 35.5. The first-order valence-electron chi connectivity index (χ1n) is 7.89. The fraction of sp³-hybridized carbons (Fsp3) is 0.353. The number of halogens is 1. The molecule has 1 saturated heterocycles. The molecule has 0 bridgehead atoms. The lowest BCUT2D eigenvalue weighted by atomic mass is 10.2. The minimum absolute atomic E-state index is 0.105. The topological polar surface area (TPSA) is 76.1 Å². The van der Waals surface area contributed by atoms with Crippen LogP contribution in [0.4, 0.5) is 11.5 Å². The smallest absolute Gasteiger partial charge is 0.271 e. The van der Waals surface area contributed by atoms with Crippen molar-refractivity contribution in [3.05, 3.63) is 46.6 Å². The minimum Gasteiger partial charge on any atom is -0.376 e. The zero-order chi connectivity index (χ0) is 16.9. The normalized spacial score (nSPS) is 16.8. The Hall–Kier alpha value is -2.18. The molecule has 1 unspecified atom stereocenters. The molecule has 1 amide bonds. The molecule has 0 spiro atoms. The Morgan fingerprint density at radius 1 is 1.33 bits per heavy atom. The molecule has 0 aliphatic carbocycles. The Bertz CT molecular complexity index is 715. The molecule has 126 valence electrons. The highest BCUT2D eigenvalue weighted by Gasteiger charge is 2.17. The highest BCUT2D eigenvalue weighted by molar-refractivity contribution is 6.31. The first-order chi connectivity index (χ1) is 11.6. The van der Waals surface area contributed by atoms with Gasteiger partial charge in [-0.2, -0.15) is 0 Å². The van der Waals surface area contributed by atoms with E-state index in [9.17, 15) is 4.79 Å². The Kier molecular flexibility index (Phi) is 5.27. The van der Waals surface area contributed by atoms with Gasteiger partial charge >= 0.3 is 0 Å². The van der Waals surface area contributed by atoms with Gasteiger partial charge in [0.15, 0.2) is 11.5 Å². The van der Waals surface area contributed by atoms with Crippen molar-refractivity contribution in [1.82, 2.24) is 15.5 Å². The summed E-state index contributed by atoms with van der Waals surface area (Å²) < 4.78 is 5.47. The number of aromatic nitrogens is 2. The SMILES string of the molecule is Cc1c(Cl)cccc1Nc1ccc(C(=O)NCC2CCCO2)nn1. The molecule has 0 radical (unpaired) electrons. The Morgan fingerprint density at radius 3 is 2.92 bits per heavy atom. The number of carbonyl (C=O) groups is 1. The standard InChI is InChI=1S/C17H19ClN4O2/c1-11-13(18)5-2-6-14(11)20-16-8-7-15(21-22-16)17(23)19-10-12-4-3-9-24-12/h2,5-8,12H,3-4,9-10H2,1H3,(H,19,23)(H,20,22). The molecule has 3 rings (SSSR count). The van der Waals surface area contributed by atoms with Crippen molar-refractivity contribution < 1.29 is 9.53 Å². The van der Waals surface area contributed by atoms with Gasteiger partial charge in [-0.05, 0) is 49.6 Å². The zero-order valence-corrected chi connectivity index (χ0v) is 14.1. The van der Waals surface area contributed by atoms with Crippen LogP contribution < -0.4 is 10.6 Å². The predicted octanol–water partition coefficient (Wildman–Crippen LogP) is 3.09. The van der Waals surface area contributed by atoms with Gasteiger partial charge in [0.25, 0.3) is 5.91 Å². The van der Waals surface area contributed by atoms with Crippen LogP contribution in [0.3, 0.4) is 0 Å². The van der Waals surface area contributed by atoms with Crippen molar-refractivity contribution in [3.8, 4) is 0 Å². The van der Waals surface area contributed by atoms with E-state index in [-0.39, 0.29) is 17.7 Å². The average molecular weight is 347 g/mol. The fourth-order valence-corrected chi connectivity index (χ4v) is 2.68. The largest absolute Gasteiger partial charge is 0.376 e. The third kappa shape index (κ3) is 4.01. The molecule has 6 nitrogen and oxygen atoms in total. The van der Waals surface area contributed by atoms with Crippen molar-refractivity contribution in [2.45, 2.75) is 25.9 Å². The van der Waals surface area contributed by atoms with Crippen molar-refractivity contribution in [2.24, 2.45) is 0 Å². The van der Waals surface area contributed by atoms with Crippen LogP contribution in [0.15, 0.2) is 30.3 Å². The quantitative estimate of drug-likeness (QED) is 0.870. The Balaban J connectivity index is 1.60. The van der Waals surface area contributed by atoms with Crippen LogP contribution in [0.25, 0.3) is 0 Å². The summed E-state index contributed by atoms with van der Waals surface area (Å²) in [5.41, 5.74) is 2.06. The number of hydrogen-bond donors (Lipinski definition) is 2. The fourth-order valence-electron chi connectivity index (χ4n) is 2.50. The summed E-state index contributed by atoms with van der Waals surface area (Å²) in [6.07, 6.45) is 2.13. The maximum absolute atomic E-state index is 12.1. The van der Waals surface area contributed by atoms with Gasteiger partial charge in [0.2, 0.25) is 0 Å². The molecular formula is C17H19ClN4O2. The van der Waals surface area contributed by atoms with E-state index >= 15 is 0 Å². The van der Waals surface area contributed by atoms with Crippen molar-refractivity contribution in [2.75, 3.05) is 18.5 Å². The van der Waals surface area contributed by atoms with Crippen LogP contribution in [0, 0.1) is 6.92 Å². The van der Waals surface area contributed by atoms with E-state index in [1.54, 1.807) is 12.1 Å². The molecule has 1 aliphatic heterocycles. The minimum atomic E-state index is -0.247. The van der Waals surface area contributed by atoms with Gasteiger partial charge < -0.3 is 15.4 Å². The number of nitrogens with one attached hydrogen (secondary N) is 2. The van der Waals surface area contributed by atoms with E-state index in [4.69, 9.17) is 16.3 Å². The molecule has 1 aromatic heterocycles. The van der Waals surface area contributed by atoms with Crippen molar-refractivity contribution >= 4 is 29.0 Å². The first kappa shape index (κ1) is 16.7. The van der Waals surface area contributed by atoms with E-state index < -0.39 is 0 Å². The summed E-state index contributed by atoms with van der Waals surface area (Å²) in [6.45, 7) is 3.19. The molecular weight excluding hydrogens is 328 g/mol. The molecule has 0 saturated carbocycles. The van der Waals surface area contributed by atoms with Gasteiger partial charge in [-0.25, -0.2) is 0 Å². The second kappa shape index (κ2) is 7.59. The number of amides is 1. The van der Waals surface area contributed by atoms with Crippen LogP contribution in [0.2, 0.25) is 5.02 Å². The van der Waals surface area contributed by atoms with Crippen molar-refractivity contribution in [3.63, 3.8) is 0 Å². The van der Waals surface area contributed by atoms with Gasteiger partial charge in [-0.3, -0.25) is 4.79 Å². The number of anilines is 2. The van der Waals surface area contributed by atoms with Crippen LogP contribution in [0.5, 0.6) is 0 Å². The van der Waals surface area contributed by atoms with Crippen LogP contribution >= 0.6 is 11.6 Å². The highest BCUT2D eigenvalue weighted by Crippen LogP contribution is 2.25. The van der Waals surface area contributed by atoms with Crippen molar-refractivity contribution in [1.29, 1.82) is 0 Å². The van der Waals surface area contributed by atoms with Gasteiger partial charge in [-0.15, -0.1) is 10.2 Å².